The van der Waals surface area contributed by atoms with Gasteiger partial charge in [0.1, 0.15) is 0 Å². The molecular weight excluding hydrogens is 176 g/mol. The average Bonchev–Trinajstić information content (AvgIpc) is 2.66. The number of nitrogens with one attached hydrogen (secondary N) is 1. The van der Waals surface area contributed by atoms with E-state index in [9.17, 15) is 0 Å². The van der Waals surface area contributed by atoms with Crippen LogP contribution in [-0.2, 0) is 0 Å². The molecule has 0 unspecified atom stereocenters. The fourth-order valence-corrected chi connectivity index (χ4v) is 1.87. The molecule has 3 heteroatoms. The predicted octanol–water partition coefficient (Wildman–Crippen LogP) is 2.93. The number of aryl methyl sites for hydroxylation is 2. The fraction of sp³-hybridized carbons (Fsp3) is 0.182. The summed E-state index contributed by atoms with van der Waals surface area (Å²) in [6, 6.07) is 6.32. The van der Waals surface area contributed by atoms with Gasteiger partial charge in [0, 0.05) is 10.9 Å². The van der Waals surface area contributed by atoms with Crippen molar-refractivity contribution in [2.75, 3.05) is 0 Å². The van der Waals surface area contributed by atoms with Crippen molar-refractivity contribution in [1.82, 2.24) is 10.1 Å². The molecule has 0 fully saturated rings. The topological polar surface area (TPSA) is 41.8 Å². The van der Waals surface area contributed by atoms with Crippen molar-refractivity contribution < 1.29 is 4.52 Å². The molecule has 0 atom stereocenters. The second kappa shape index (κ2) is 2.38. The van der Waals surface area contributed by atoms with Crippen LogP contribution in [0.25, 0.3) is 22.0 Å². The number of fused-ring (bicyclic) bond motifs is 3. The summed E-state index contributed by atoms with van der Waals surface area (Å²) in [4.78, 5) is 3.21. The third kappa shape index (κ3) is 0.839. The lowest BCUT2D eigenvalue weighted by Gasteiger charge is -1.92. The highest BCUT2D eigenvalue weighted by Gasteiger charge is 2.10. The summed E-state index contributed by atoms with van der Waals surface area (Å²) in [6.45, 7) is 4.03. The molecule has 1 N–H and O–H groups in total. The summed E-state index contributed by atoms with van der Waals surface area (Å²) in [6.07, 6.45) is 0. The smallest absolute Gasteiger partial charge is 0.237 e. The molecular formula is C11H10N2O. The van der Waals surface area contributed by atoms with E-state index >= 15 is 0 Å². The van der Waals surface area contributed by atoms with Gasteiger partial charge in [0.2, 0.25) is 5.71 Å². The molecule has 0 aliphatic rings. The van der Waals surface area contributed by atoms with Crippen molar-refractivity contribution in [1.29, 1.82) is 0 Å². The SMILES string of the molecule is Cc1ccc2c(c1)[nH]c1onc(C)c12. The third-order valence-corrected chi connectivity index (χ3v) is 2.56. The lowest BCUT2D eigenvalue weighted by Crippen LogP contribution is -1.73. The molecule has 0 saturated heterocycles. The maximum atomic E-state index is 5.17. The first kappa shape index (κ1) is 7.62. The maximum absolute atomic E-state index is 5.17. The second-order valence-corrected chi connectivity index (χ2v) is 3.65. The molecule has 3 nitrogen and oxygen atoms in total. The molecule has 2 aromatic heterocycles. The van der Waals surface area contributed by atoms with Gasteiger partial charge in [-0.3, -0.25) is 0 Å². The van der Waals surface area contributed by atoms with Gasteiger partial charge in [-0.25, -0.2) is 0 Å². The Morgan fingerprint density at radius 1 is 1.29 bits per heavy atom. The average molecular weight is 186 g/mol. The Kier molecular flexibility index (Phi) is 1.29. The van der Waals surface area contributed by atoms with Gasteiger partial charge >= 0.3 is 0 Å². The Labute approximate surface area is 80.7 Å². The van der Waals surface area contributed by atoms with Crippen molar-refractivity contribution in [3.05, 3.63) is 29.5 Å². The molecule has 0 aliphatic heterocycles. The van der Waals surface area contributed by atoms with E-state index in [1.165, 1.54) is 10.9 Å². The fourth-order valence-electron chi connectivity index (χ4n) is 1.87. The molecule has 70 valence electrons. The maximum Gasteiger partial charge on any atom is 0.237 e. The van der Waals surface area contributed by atoms with Crippen LogP contribution in [0.2, 0.25) is 0 Å². The number of hydrogen-bond donors (Lipinski definition) is 1. The summed E-state index contributed by atoms with van der Waals surface area (Å²) < 4.78 is 5.17. The number of nitrogens with zero attached hydrogens (tertiary/aromatic N) is 1. The summed E-state index contributed by atoms with van der Waals surface area (Å²) in [5, 5.41) is 6.20. The normalized spacial score (nSPS) is 11.6. The largest absolute Gasteiger partial charge is 0.338 e. The minimum absolute atomic E-state index is 0.767. The minimum atomic E-state index is 0.767. The molecule has 0 radical (unpaired) electrons. The van der Waals surface area contributed by atoms with Gasteiger partial charge in [0.05, 0.1) is 11.1 Å². The standard InChI is InChI=1S/C11H10N2O/c1-6-3-4-8-9(5-6)12-11-10(8)7(2)13-14-11/h3-5,12H,1-2H3. The van der Waals surface area contributed by atoms with Crippen molar-refractivity contribution in [3.63, 3.8) is 0 Å². The van der Waals surface area contributed by atoms with Gasteiger partial charge in [0.25, 0.3) is 0 Å². The van der Waals surface area contributed by atoms with E-state index < -0.39 is 0 Å². The molecule has 0 bridgehead atoms. The van der Waals surface area contributed by atoms with Gasteiger partial charge in [0.15, 0.2) is 0 Å². The summed E-state index contributed by atoms with van der Waals surface area (Å²) in [5.41, 5.74) is 4.06. The Bertz CT molecular complexity index is 619. The highest BCUT2D eigenvalue weighted by atomic mass is 16.5. The first-order chi connectivity index (χ1) is 6.75. The number of aromatic nitrogens is 2. The van der Waals surface area contributed by atoms with E-state index in [2.05, 4.69) is 35.3 Å². The molecule has 14 heavy (non-hydrogen) atoms. The van der Waals surface area contributed by atoms with Crippen LogP contribution in [0.5, 0.6) is 0 Å². The molecule has 3 aromatic rings. The number of hydrogen-bond acceptors (Lipinski definition) is 2. The van der Waals surface area contributed by atoms with Crippen molar-refractivity contribution in [2.24, 2.45) is 0 Å². The van der Waals surface area contributed by atoms with Gasteiger partial charge in [-0.05, 0) is 25.5 Å². The van der Waals surface area contributed by atoms with Crippen LogP contribution < -0.4 is 0 Å². The molecule has 0 aliphatic carbocycles. The van der Waals surface area contributed by atoms with Gasteiger partial charge < -0.3 is 9.51 Å². The van der Waals surface area contributed by atoms with E-state index in [1.54, 1.807) is 0 Å². The zero-order valence-electron chi connectivity index (χ0n) is 8.09. The first-order valence-electron chi connectivity index (χ1n) is 4.60. The van der Waals surface area contributed by atoms with Gasteiger partial charge in [-0.1, -0.05) is 17.3 Å². The predicted molar refractivity (Wildman–Crippen MR) is 55.3 cm³/mol. The van der Waals surface area contributed by atoms with E-state index in [1.807, 2.05) is 6.92 Å². The Hall–Kier alpha value is -1.77. The van der Waals surface area contributed by atoms with Crippen LogP contribution in [0.1, 0.15) is 11.3 Å². The van der Waals surface area contributed by atoms with Crippen LogP contribution in [0.15, 0.2) is 22.7 Å². The minimum Gasteiger partial charge on any atom is -0.338 e. The van der Waals surface area contributed by atoms with Crippen LogP contribution in [0.4, 0.5) is 0 Å². The van der Waals surface area contributed by atoms with E-state index in [-0.39, 0.29) is 0 Å². The lowest BCUT2D eigenvalue weighted by atomic mass is 10.1. The van der Waals surface area contributed by atoms with E-state index in [0.29, 0.717) is 0 Å². The lowest BCUT2D eigenvalue weighted by molar-refractivity contribution is 0.444. The quantitative estimate of drug-likeness (QED) is 0.586. The van der Waals surface area contributed by atoms with Crippen LogP contribution in [0, 0.1) is 13.8 Å². The number of aromatic amines is 1. The Balaban J connectivity index is 2.58. The number of rotatable bonds is 0. The number of H-pyrrole nitrogens is 1. The number of benzene rings is 1. The van der Waals surface area contributed by atoms with Crippen LogP contribution in [-0.4, -0.2) is 10.1 Å². The van der Waals surface area contributed by atoms with Gasteiger partial charge in [-0.2, -0.15) is 0 Å². The first-order valence-corrected chi connectivity index (χ1v) is 4.60. The highest BCUT2D eigenvalue weighted by molar-refractivity contribution is 6.06. The molecule has 2 heterocycles. The van der Waals surface area contributed by atoms with Crippen LogP contribution in [0.3, 0.4) is 0 Å². The van der Waals surface area contributed by atoms with Crippen molar-refractivity contribution >= 4 is 22.0 Å². The Morgan fingerprint density at radius 3 is 3.00 bits per heavy atom. The van der Waals surface area contributed by atoms with E-state index in [0.717, 1.165) is 22.3 Å². The second-order valence-electron chi connectivity index (χ2n) is 3.65. The summed E-state index contributed by atoms with van der Waals surface area (Å²) >= 11 is 0. The van der Waals surface area contributed by atoms with E-state index in [4.69, 9.17) is 4.52 Å². The highest BCUT2D eigenvalue weighted by Crippen LogP contribution is 2.28. The monoisotopic (exact) mass is 186 g/mol. The molecule has 0 spiro atoms. The molecule has 1 aromatic carbocycles. The van der Waals surface area contributed by atoms with Crippen molar-refractivity contribution in [2.45, 2.75) is 13.8 Å². The van der Waals surface area contributed by atoms with Gasteiger partial charge in [-0.15, -0.1) is 0 Å². The zero-order chi connectivity index (χ0) is 9.71. The van der Waals surface area contributed by atoms with Crippen molar-refractivity contribution in [3.8, 4) is 0 Å². The Morgan fingerprint density at radius 2 is 2.14 bits per heavy atom. The summed E-state index contributed by atoms with van der Waals surface area (Å²) in [5.74, 6) is 0. The zero-order valence-corrected chi connectivity index (χ0v) is 8.09. The molecule has 3 rings (SSSR count). The third-order valence-electron chi connectivity index (χ3n) is 2.56. The summed E-state index contributed by atoms with van der Waals surface area (Å²) in [7, 11) is 0. The molecule has 0 saturated carbocycles. The van der Waals surface area contributed by atoms with Crippen LogP contribution >= 0.6 is 0 Å². The molecule has 0 amide bonds.